The third-order valence-electron chi connectivity index (χ3n) is 3.24. The van der Waals surface area contributed by atoms with Crippen LogP contribution in [0.15, 0.2) is 24.5 Å². The largest absolute Gasteiger partial charge is 0.495 e. The van der Waals surface area contributed by atoms with E-state index in [0.29, 0.717) is 34.3 Å². The number of methoxy groups -OCH3 is 1. The predicted molar refractivity (Wildman–Crippen MR) is 87.0 cm³/mol. The van der Waals surface area contributed by atoms with Gasteiger partial charge in [0.1, 0.15) is 5.75 Å². The first kappa shape index (κ1) is 14.9. The molecule has 2 aromatic heterocycles. The number of anilines is 1. The van der Waals surface area contributed by atoms with Crippen molar-refractivity contribution in [3.05, 3.63) is 40.4 Å². The molecule has 114 valence electrons. The van der Waals surface area contributed by atoms with Crippen LogP contribution < -0.4 is 10.1 Å². The van der Waals surface area contributed by atoms with Crippen LogP contribution in [0.1, 0.15) is 5.56 Å². The quantitative estimate of drug-likeness (QED) is 0.740. The standard InChI is InChI=1S/C14H13Cl2N5O/c1-17-12-11-13(20-14(16)19-12)21(7-18-11)6-8-3-4-10(22-2)9(15)5-8/h3-5,7H,6H2,1-2H3,(H,17,19,20). The Balaban J connectivity index is 2.01. The lowest BCUT2D eigenvalue weighted by Gasteiger charge is -2.08. The molecule has 0 amide bonds. The highest BCUT2D eigenvalue weighted by Gasteiger charge is 2.12. The van der Waals surface area contributed by atoms with E-state index < -0.39 is 0 Å². The number of hydrogen-bond donors (Lipinski definition) is 1. The average molecular weight is 338 g/mol. The summed E-state index contributed by atoms with van der Waals surface area (Å²) in [6.07, 6.45) is 1.70. The summed E-state index contributed by atoms with van der Waals surface area (Å²) in [6.45, 7) is 0.566. The number of halogens is 2. The van der Waals surface area contributed by atoms with E-state index in [-0.39, 0.29) is 5.28 Å². The number of nitrogens with zero attached hydrogens (tertiary/aromatic N) is 4. The lowest BCUT2D eigenvalue weighted by Crippen LogP contribution is -2.02. The fourth-order valence-electron chi connectivity index (χ4n) is 2.21. The van der Waals surface area contributed by atoms with Gasteiger partial charge in [-0.3, -0.25) is 0 Å². The monoisotopic (exact) mass is 337 g/mol. The van der Waals surface area contributed by atoms with Gasteiger partial charge in [-0.2, -0.15) is 9.97 Å². The lowest BCUT2D eigenvalue weighted by atomic mass is 10.2. The van der Waals surface area contributed by atoms with Crippen LogP contribution in [0.2, 0.25) is 10.3 Å². The van der Waals surface area contributed by atoms with Crippen molar-refractivity contribution in [3.63, 3.8) is 0 Å². The minimum absolute atomic E-state index is 0.173. The zero-order valence-corrected chi connectivity index (χ0v) is 13.5. The summed E-state index contributed by atoms with van der Waals surface area (Å²) < 4.78 is 7.04. The van der Waals surface area contributed by atoms with Gasteiger partial charge in [0, 0.05) is 7.05 Å². The van der Waals surface area contributed by atoms with Crippen molar-refractivity contribution in [1.29, 1.82) is 0 Å². The molecule has 0 bridgehead atoms. The van der Waals surface area contributed by atoms with Gasteiger partial charge in [0.05, 0.1) is 25.0 Å². The van der Waals surface area contributed by atoms with Gasteiger partial charge in [0.25, 0.3) is 0 Å². The summed E-state index contributed by atoms with van der Waals surface area (Å²) in [5, 5.41) is 3.70. The Morgan fingerprint density at radius 3 is 2.77 bits per heavy atom. The Bertz CT molecular complexity index is 833. The highest BCUT2D eigenvalue weighted by Crippen LogP contribution is 2.26. The van der Waals surface area contributed by atoms with E-state index in [9.17, 15) is 0 Å². The molecule has 0 aliphatic carbocycles. The molecule has 0 spiro atoms. The molecule has 0 aliphatic rings. The maximum absolute atomic E-state index is 6.15. The molecular formula is C14H13Cl2N5O. The third kappa shape index (κ3) is 2.67. The molecule has 1 N–H and O–H groups in total. The second kappa shape index (κ2) is 5.98. The van der Waals surface area contributed by atoms with Gasteiger partial charge in [-0.05, 0) is 29.3 Å². The molecule has 0 saturated carbocycles. The third-order valence-corrected chi connectivity index (χ3v) is 3.71. The number of imidazole rings is 1. The molecule has 0 unspecified atom stereocenters. The molecule has 3 aromatic rings. The smallest absolute Gasteiger partial charge is 0.226 e. The Labute approximate surface area is 137 Å². The Morgan fingerprint density at radius 1 is 1.27 bits per heavy atom. The summed E-state index contributed by atoms with van der Waals surface area (Å²) in [5.74, 6) is 1.24. The van der Waals surface area contributed by atoms with Crippen LogP contribution in [0.25, 0.3) is 11.2 Å². The zero-order valence-electron chi connectivity index (χ0n) is 12.0. The summed E-state index contributed by atoms with van der Waals surface area (Å²) >= 11 is 12.1. The molecule has 0 aliphatic heterocycles. The first-order valence-corrected chi connectivity index (χ1v) is 7.26. The maximum Gasteiger partial charge on any atom is 0.226 e. The summed E-state index contributed by atoms with van der Waals surface area (Å²) in [4.78, 5) is 12.7. The number of aromatic nitrogens is 4. The Hall–Kier alpha value is -2.05. The lowest BCUT2D eigenvalue weighted by molar-refractivity contribution is 0.415. The average Bonchev–Trinajstić information content (AvgIpc) is 2.89. The molecule has 0 atom stereocenters. The van der Waals surface area contributed by atoms with Crippen molar-refractivity contribution in [2.45, 2.75) is 6.54 Å². The number of hydrogen-bond acceptors (Lipinski definition) is 5. The molecule has 22 heavy (non-hydrogen) atoms. The van der Waals surface area contributed by atoms with Crippen LogP contribution in [0.3, 0.4) is 0 Å². The van der Waals surface area contributed by atoms with Crippen LogP contribution in [-0.2, 0) is 6.54 Å². The van der Waals surface area contributed by atoms with Gasteiger partial charge in [0.2, 0.25) is 5.28 Å². The second-order valence-electron chi connectivity index (χ2n) is 4.60. The second-order valence-corrected chi connectivity index (χ2v) is 5.35. The summed E-state index contributed by atoms with van der Waals surface area (Å²) in [5.41, 5.74) is 2.34. The van der Waals surface area contributed by atoms with Crippen LogP contribution in [0, 0.1) is 0 Å². The van der Waals surface area contributed by atoms with Gasteiger partial charge < -0.3 is 14.6 Å². The van der Waals surface area contributed by atoms with Crippen molar-refractivity contribution in [2.75, 3.05) is 19.5 Å². The SMILES string of the molecule is CNc1nc(Cl)nc2c1ncn2Cc1ccc(OC)c(Cl)c1. The molecular weight excluding hydrogens is 325 g/mol. The molecule has 0 saturated heterocycles. The van der Waals surface area contributed by atoms with E-state index in [1.165, 1.54) is 0 Å². The first-order valence-electron chi connectivity index (χ1n) is 6.51. The van der Waals surface area contributed by atoms with Gasteiger partial charge in [0.15, 0.2) is 17.0 Å². The van der Waals surface area contributed by atoms with Crippen molar-refractivity contribution < 1.29 is 4.74 Å². The zero-order chi connectivity index (χ0) is 15.7. The Kier molecular flexibility index (Phi) is 4.04. The van der Waals surface area contributed by atoms with Gasteiger partial charge in [-0.1, -0.05) is 17.7 Å². The van der Waals surface area contributed by atoms with E-state index in [2.05, 4.69) is 20.3 Å². The molecule has 6 nitrogen and oxygen atoms in total. The van der Waals surface area contributed by atoms with E-state index in [1.54, 1.807) is 20.5 Å². The van der Waals surface area contributed by atoms with Crippen LogP contribution in [-0.4, -0.2) is 33.7 Å². The van der Waals surface area contributed by atoms with Gasteiger partial charge in [-0.25, -0.2) is 4.98 Å². The number of ether oxygens (including phenoxy) is 1. The number of nitrogens with one attached hydrogen (secondary N) is 1. The molecule has 0 fully saturated rings. The molecule has 8 heteroatoms. The van der Waals surface area contributed by atoms with E-state index >= 15 is 0 Å². The maximum atomic E-state index is 6.15. The predicted octanol–water partition coefficient (Wildman–Crippen LogP) is 3.23. The first-order chi connectivity index (χ1) is 10.6. The van der Waals surface area contributed by atoms with E-state index in [4.69, 9.17) is 27.9 Å². The van der Waals surface area contributed by atoms with Crippen LogP contribution >= 0.6 is 23.2 Å². The van der Waals surface area contributed by atoms with Crippen LogP contribution in [0.5, 0.6) is 5.75 Å². The number of fused-ring (bicyclic) bond motifs is 1. The number of rotatable bonds is 4. The van der Waals surface area contributed by atoms with Gasteiger partial charge in [-0.15, -0.1) is 0 Å². The molecule has 3 rings (SSSR count). The highest BCUT2D eigenvalue weighted by atomic mass is 35.5. The van der Waals surface area contributed by atoms with Crippen LogP contribution in [0.4, 0.5) is 5.82 Å². The summed E-state index contributed by atoms with van der Waals surface area (Å²) in [6, 6.07) is 5.63. The minimum Gasteiger partial charge on any atom is -0.495 e. The molecule has 0 radical (unpaired) electrons. The molecule has 2 heterocycles. The Morgan fingerprint density at radius 2 is 2.09 bits per heavy atom. The van der Waals surface area contributed by atoms with E-state index in [1.807, 2.05) is 22.8 Å². The normalized spacial score (nSPS) is 10.9. The topological polar surface area (TPSA) is 64.9 Å². The van der Waals surface area contributed by atoms with Crippen molar-refractivity contribution in [1.82, 2.24) is 19.5 Å². The van der Waals surface area contributed by atoms with E-state index in [0.717, 1.165) is 5.56 Å². The van der Waals surface area contributed by atoms with Gasteiger partial charge >= 0.3 is 0 Å². The highest BCUT2D eigenvalue weighted by molar-refractivity contribution is 6.32. The molecule has 1 aromatic carbocycles. The minimum atomic E-state index is 0.173. The van der Waals surface area contributed by atoms with Crippen molar-refractivity contribution in [2.24, 2.45) is 0 Å². The number of benzene rings is 1. The van der Waals surface area contributed by atoms with Crippen molar-refractivity contribution >= 4 is 40.2 Å². The fourth-order valence-corrected chi connectivity index (χ4v) is 2.66. The fraction of sp³-hybridized carbons (Fsp3) is 0.214. The van der Waals surface area contributed by atoms with Crippen molar-refractivity contribution in [3.8, 4) is 5.75 Å². The summed E-state index contributed by atoms with van der Waals surface area (Å²) in [7, 11) is 3.35.